The first-order valence-electron chi connectivity index (χ1n) is 6.89. The van der Waals surface area contributed by atoms with Gasteiger partial charge in [-0.3, -0.25) is 4.90 Å². The van der Waals surface area contributed by atoms with Gasteiger partial charge in [-0.2, -0.15) is 0 Å². The first kappa shape index (κ1) is 13.9. The van der Waals surface area contributed by atoms with Crippen LogP contribution in [0.2, 0.25) is 0 Å². The number of esters is 1. The lowest BCUT2D eigenvalue weighted by atomic mass is 10.2. The highest BCUT2D eigenvalue weighted by Gasteiger charge is 2.25. The molecule has 0 aliphatic carbocycles. The number of likely N-dealkylation sites (N-methyl/N-ethyl adjacent to an activating group) is 1. The molecule has 2 heterocycles. The molecular weight excluding hydrogens is 244 g/mol. The lowest BCUT2D eigenvalue weighted by Gasteiger charge is -2.23. The second-order valence-electron chi connectivity index (χ2n) is 4.78. The number of imidazole rings is 1. The van der Waals surface area contributed by atoms with Crippen molar-refractivity contribution in [2.45, 2.75) is 39.3 Å². The number of nitrogen functional groups attached to an aromatic ring is 1. The van der Waals surface area contributed by atoms with Crippen molar-refractivity contribution in [3.05, 3.63) is 12.0 Å². The molecule has 1 aliphatic heterocycles. The Morgan fingerprint density at radius 2 is 2.37 bits per heavy atom. The molecule has 2 N–H and O–H groups in total. The van der Waals surface area contributed by atoms with Crippen LogP contribution in [0.4, 0.5) is 5.82 Å². The number of ether oxygens (including phenoxy) is 1. The molecule has 0 amide bonds. The molecule has 1 aliphatic rings. The van der Waals surface area contributed by atoms with Crippen LogP contribution in [0.5, 0.6) is 0 Å². The van der Waals surface area contributed by atoms with Gasteiger partial charge in [-0.15, -0.1) is 0 Å². The van der Waals surface area contributed by atoms with Gasteiger partial charge in [-0.25, -0.2) is 9.78 Å². The van der Waals surface area contributed by atoms with Crippen molar-refractivity contribution in [1.82, 2.24) is 14.5 Å². The van der Waals surface area contributed by atoms with E-state index in [-0.39, 0.29) is 5.69 Å². The molecule has 1 saturated heterocycles. The summed E-state index contributed by atoms with van der Waals surface area (Å²) in [5, 5.41) is 0. The zero-order valence-electron chi connectivity index (χ0n) is 11.6. The molecule has 0 radical (unpaired) electrons. The van der Waals surface area contributed by atoms with E-state index in [1.165, 1.54) is 12.8 Å². The molecule has 0 aromatic carbocycles. The fraction of sp³-hybridized carbons (Fsp3) is 0.692. The number of likely N-dealkylation sites (tertiary alicyclic amines) is 1. The Hall–Kier alpha value is -1.56. The first-order chi connectivity index (χ1) is 9.17. The van der Waals surface area contributed by atoms with E-state index in [4.69, 9.17) is 10.5 Å². The summed E-state index contributed by atoms with van der Waals surface area (Å²) in [4.78, 5) is 18.2. The van der Waals surface area contributed by atoms with Gasteiger partial charge >= 0.3 is 5.97 Å². The van der Waals surface area contributed by atoms with Crippen molar-refractivity contribution in [2.75, 3.05) is 25.4 Å². The predicted molar refractivity (Wildman–Crippen MR) is 72.9 cm³/mol. The molecule has 0 bridgehead atoms. The molecule has 1 unspecified atom stereocenters. The molecule has 19 heavy (non-hydrogen) atoms. The second kappa shape index (κ2) is 6.06. The fourth-order valence-corrected chi connectivity index (χ4v) is 2.64. The minimum Gasteiger partial charge on any atom is -0.461 e. The normalized spacial score (nSPS) is 19.8. The van der Waals surface area contributed by atoms with E-state index in [0.717, 1.165) is 19.6 Å². The third kappa shape index (κ3) is 2.89. The molecule has 0 saturated carbocycles. The van der Waals surface area contributed by atoms with Crippen molar-refractivity contribution >= 4 is 11.8 Å². The van der Waals surface area contributed by atoms with Crippen LogP contribution in [-0.2, 0) is 11.3 Å². The summed E-state index contributed by atoms with van der Waals surface area (Å²) < 4.78 is 6.78. The van der Waals surface area contributed by atoms with Crippen LogP contribution in [-0.4, -0.2) is 46.2 Å². The quantitative estimate of drug-likeness (QED) is 0.809. The second-order valence-corrected chi connectivity index (χ2v) is 4.78. The molecule has 1 atom stereocenters. The number of aromatic nitrogens is 2. The maximum absolute atomic E-state index is 11.6. The molecule has 1 fully saturated rings. The smallest absolute Gasteiger partial charge is 0.360 e. The highest BCUT2D eigenvalue weighted by molar-refractivity contribution is 5.92. The van der Waals surface area contributed by atoms with Crippen molar-refractivity contribution < 1.29 is 9.53 Å². The number of nitrogens with two attached hydrogens (primary N) is 1. The Balaban J connectivity index is 2.07. The van der Waals surface area contributed by atoms with Gasteiger partial charge in [0.1, 0.15) is 5.82 Å². The Labute approximate surface area is 113 Å². The third-order valence-corrected chi connectivity index (χ3v) is 3.66. The summed E-state index contributed by atoms with van der Waals surface area (Å²) in [7, 11) is 0. The van der Waals surface area contributed by atoms with E-state index in [1.807, 2.05) is 4.57 Å². The Bertz CT molecular complexity index is 444. The maximum Gasteiger partial charge on any atom is 0.360 e. The number of nitrogens with zero attached hydrogens (tertiary/aromatic N) is 3. The van der Waals surface area contributed by atoms with Crippen LogP contribution >= 0.6 is 0 Å². The Morgan fingerprint density at radius 3 is 3.05 bits per heavy atom. The predicted octanol–water partition coefficient (Wildman–Crippen LogP) is 1.13. The highest BCUT2D eigenvalue weighted by atomic mass is 16.5. The summed E-state index contributed by atoms with van der Waals surface area (Å²) in [6, 6.07) is 0.483. The number of anilines is 1. The summed E-state index contributed by atoms with van der Waals surface area (Å²) >= 11 is 0. The molecule has 0 spiro atoms. The van der Waals surface area contributed by atoms with Crippen LogP contribution in [0.15, 0.2) is 6.33 Å². The highest BCUT2D eigenvalue weighted by Crippen LogP contribution is 2.20. The lowest BCUT2D eigenvalue weighted by Crippen LogP contribution is -2.32. The van der Waals surface area contributed by atoms with E-state index in [2.05, 4.69) is 16.8 Å². The Morgan fingerprint density at radius 1 is 1.58 bits per heavy atom. The lowest BCUT2D eigenvalue weighted by molar-refractivity contribution is 0.0521. The maximum atomic E-state index is 11.6. The summed E-state index contributed by atoms with van der Waals surface area (Å²) in [5.41, 5.74) is 6.21. The van der Waals surface area contributed by atoms with Gasteiger partial charge in [-0.05, 0) is 32.9 Å². The van der Waals surface area contributed by atoms with E-state index < -0.39 is 5.97 Å². The zero-order chi connectivity index (χ0) is 13.8. The van der Waals surface area contributed by atoms with Crippen molar-refractivity contribution in [1.29, 1.82) is 0 Å². The Kier molecular flexibility index (Phi) is 4.42. The molecule has 2 rings (SSSR count). The average molecular weight is 266 g/mol. The van der Waals surface area contributed by atoms with Crippen LogP contribution in [0.1, 0.15) is 37.2 Å². The van der Waals surface area contributed by atoms with E-state index in [1.54, 1.807) is 13.3 Å². The van der Waals surface area contributed by atoms with Crippen LogP contribution < -0.4 is 5.73 Å². The first-order valence-corrected chi connectivity index (χ1v) is 6.89. The number of carbonyl (C=O) groups excluding carboxylic acids is 1. The number of carbonyl (C=O) groups is 1. The molecular formula is C13H22N4O2. The van der Waals surface area contributed by atoms with Gasteiger partial charge in [0, 0.05) is 12.6 Å². The standard InChI is InChI=1S/C13H22N4O2/c1-3-16-7-5-6-10(16)8-17-9-15-11(12(17)14)13(18)19-4-2/h9-10H,3-8,14H2,1-2H3. The van der Waals surface area contributed by atoms with E-state index in [9.17, 15) is 4.79 Å². The van der Waals surface area contributed by atoms with Gasteiger partial charge in [0.25, 0.3) is 0 Å². The van der Waals surface area contributed by atoms with Gasteiger partial charge in [0.2, 0.25) is 0 Å². The van der Waals surface area contributed by atoms with Gasteiger partial charge in [0.15, 0.2) is 5.69 Å². The largest absolute Gasteiger partial charge is 0.461 e. The van der Waals surface area contributed by atoms with Crippen LogP contribution in [0, 0.1) is 0 Å². The van der Waals surface area contributed by atoms with Crippen LogP contribution in [0.3, 0.4) is 0 Å². The minimum atomic E-state index is -0.447. The van der Waals surface area contributed by atoms with Gasteiger partial charge in [-0.1, -0.05) is 6.92 Å². The monoisotopic (exact) mass is 266 g/mol. The topological polar surface area (TPSA) is 73.4 Å². The number of rotatable bonds is 5. The van der Waals surface area contributed by atoms with E-state index >= 15 is 0 Å². The molecule has 1 aromatic heterocycles. The number of hydrogen-bond donors (Lipinski definition) is 1. The van der Waals surface area contributed by atoms with Crippen LogP contribution in [0.25, 0.3) is 0 Å². The zero-order valence-corrected chi connectivity index (χ0v) is 11.6. The third-order valence-electron chi connectivity index (χ3n) is 3.66. The minimum absolute atomic E-state index is 0.225. The fourth-order valence-electron chi connectivity index (χ4n) is 2.64. The van der Waals surface area contributed by atoms with Crippen molar-refractivity contribution in [3.8, 4) is 0 Å². The molecule has 6 nitrogen and oxygen atoms in total. The summed E-state index contributed by atoms with van der Waals surface area (Å²) in [5.74, 6) is -0.0427. The molecule has 1 aromatic rings. The summed E-state index contributed by atoms with van der Waals surface area (Å²) in [6.07, 6.45) is 4.02. The average Bonchev–Trinajstić information content (AvgIpc) is 2.98. The van der Waals surface area contributed by atoms with Crippen molar-refractivity contribution in [2.24, 2.45) is 0 Å². The van der Waals surface area contributed by atoms with E-state index in [0.29, 0.717) is 18.5 Å². The number of hydrogen-bond acceptors (Lipinski definition) is 5. The van der Waals surface area contributed by atoms with Crippen molar-refractivity contribution in [3.63, 3.8) is 0 Å². The molecule has 6 heteroatoms. The molecule has 106 valence electrons. The summed E-state index contributed by atoms with van der Waals surface area (Å²) in [6.45, 7) is 7.23. The van der Waals surface area contributed by atoms with Gasteiger partial charge in [0.05, 0.1) is 12.9 Å². The SMILES string of the molecule is CCOC(=O)c1ncn(CC2CCCN2CC)c1N. The van der Waals surface area contributed by atoms with Gasteiger partial charge < -0.3 is 15.0 Å².